The average Bonchev–Trinajstić information content (AvgIpc) is 2.67. The maximum atomic E-state index is 12.4. The Morgan fingerprint density at radius 1 is 1.19 bits per heavy atom. The van der Waals surface area contributed by atoms with Crippen molar-refractivity contribution in [3.05, 3.63) is 28.8 Å². The molecule has 0 bridgehead atoms. The van der Waals surface area contributed by atoms with Crippen LogP contribution in [0.1, 0.15) is 36.0 Å². The van der Waals surface area contributed by atoms with E-state index in [1.54, 1.807) is 6.07 Å². The summed E-state index contributed by atoms with van der Waals surface area (Å²) in [7, 11) is -3.39. The van der Waals surface area contributed by atoms with Crippen LogP contribution in [0.5, 0.6) is 0 Å². The second-order valence-corrected chi connectivity index (χ2v) is 7.43. The van der Waals surface area contributed by atoms with Crippen LogP contribution < -0.4 is 4.72 Å². The summed E-state index contributed by atoms with van der Waals surface area (Å²) in [5, 5.41) is 0.223. The summed E-state index contributed by atoms with van der Waals surface area (Å²) in [5.74, 6) is -0.0512. The van der Waals surface area contributed by atoms with Gasteiger partial charge in [-0.25, -0.2) is 8.42 Å². The molecule has 0 unspecified atom stereocenters. The molecule has 0 atom stereocenters. The molecule has 1 aliphatic rings. The molecule has 0 spiro atoms. The second-order valence-electron chi connectivity index (χ2n) is 5.28. The zero-order valence-corrected chi connectivity index (χ0v) is 13.5. The van der Waals surface area contributed by atoms with E-state index >= 15 is 0 Å². The highest BCUT2D eigenvalue weighted by molar-refractivity contribution is 7.92. The molecular formula is C14H19ClN2O3S. The normalized spacial score (nSPS) is 16.4. The Morgan fingerprint density at radius 3 is 2.33 bits per heavy atom. The molecule has 2 rings (SSSR count). The van der Waals surface area contributed by atoms with Gasteiger partial charge < -0.3 is 4.90 Å². The fourth-order valence-corrected chi connectivity index (χ4v) is 3.25. The lowest BCUT2D eigenvalue weighted by Crippen LogP contribution is -2.31. The van der Waals surface area contributed by atoms with Crippen molar-refractivity contribution in [3.63, 3.8) is 0 Å². The summed E-state index contributed by atoms with van der Waals surface area (Å²) < 4.78 is 24.7. The van der Waals surface area contributed by atoms with Crippen molar-refractivity contribution in [3.8, 4) is 0 Å². The minimum Gasteiger partial charge on any atom is -0.339 e. The molecule has 1 amide bonds. The topological polar surface area (TPSA) is 66.5 Å². The van der Waals surface area contributed by atoms with Gasteiger partial charge in [0.05, 0.1) is 17.0 Å². The van der Waals surface area contributed by atoms with Gasteiger partial charge in [0, 0.05) is 18.7 Å². The van der Waals surface area contributed by atoms with E-state index in [9.17, 15) is 13.2 Å². The number of nitrogens with zero attached hydrogens (tertiary/aromatic N) is 1. The van der Waals surface area contributed by atoms with E-state index in [0.29, 0.717) is 5.56 Å². The number of nitrogens with one attached hydrogen (secondary N) is 1. The van der Waals surface area contributed by atoms with Crippen molar-refractivity contribution in [1.29, 1.82) is 0 Å². The van der Waals surface area contributed by atoms with E-state index in [1.165, 1.54) is 12.1 Å². The smallest absolute Gasteiger partial charge is 0.253 e. The van der Waals surface area contributed by atoms with Gasteiger partial charge in [0.15, 0.2) is 0 Å². The Hall–Kier alpha value is -1.27. The van der Waals surface area contributed by atoms with Crippen LogP contribution in [0.15, 0.2) is 18.2 Å². The molecule has 0 aromatic heterocycles. The van der Waals surface area contributed by atoms with E-state index in [-0.39, 0.29) is 16.6 Å². The van der Waals surface area contributed by atoms with Gasteiger partial charge in [0.1, 0.15) is 0 Å². The second kappa shape index (κ2) is 6.66. The molecule has 1 saturated heterocycles. The number of hydrogen-bond donors (Lipinski definition) is 1. The number of amides is 1. The predicted molar refractivity (Wildman–Crippen MR) is 84.3 cm³/mol. The van der Waals surface area contributed by atoms with E-state index in [4.69, 9.17) is 11.6 Å². The minimum absolute atomic E-state index is 0.0512. The van der Waals surface area contributed by atoms with Crippen molar-refractivity contribution in [1.82, 2.24) is 4.90 Å². The first-order chi connectivity index (χ1) is 9.87. The summed E-state index contributed by atoms with van der Waals surface area (Å²) in [4.78, 5) is 14.3. The van der Waals surface area contributed by atoms with Gasteiger partial charge in [0.2, 0.25) is 10.0 Å². The number of anilines is 1. The van der Waals surface area contributed by atoms with Gasteiger partial charge in [-0.2, -0.15) is 0 Å². The summed E-state index contributed by atoms with van der Waals surface area (Å²) >= 11 is 6.05. The Morgan fingerprint density at radius 2 is 1.81 bits per heavy atom. The number of halogens is 1. The largest absolute Gasteiger partial charge is 0.339 e. The molecule has 7 heteroatoms. The highest BCUT2D eigenvalue weighted by Crippen LogP contribution is 2.25. The van der Waals surface area contributed by atoms with Crippen LogP contribution in [0.3, 0.4) is 0 Å². The molecule has 116 valence electrons. The lowest BCUT2D eigenvalue weighted by atomic mass is 10.1. The van der Waals surface area contributed by atoms with Gasteiger partial charge in [-0.15, -0.1) is 0 Å². The summed E-state index contributed by atoms with van der Waals surface area (Å²) in [6, 6.07) is 4.64. The molecule has 1 aliphatic heterocycles. The van der Waals surface area contributed by atoms with Gasteiger partial charge in [0.25, 0.3) is 5.91 Å². The zero-order chi connectivity index (χ0) is 15.5. The molecule has 21 heavy (non-hydrogen) atoms. The number of carbonyl (C=O) groups excluding carboxylic acids is 1. The highest BCUT2D eigenvalue weighted by atomic mass is 35.5. The Bertz CT molecular complexity index is 623. The molecule has 1 fully saturated rings. The molecular weight excluding hydrogens is 312 g/mol. The van der Waals surface area contributed by atoms with E-state index < -0.39 is 10.0 Å². The molecule has 0 saturated carbocycles. The van der Waals surface area contributed by atoms with E-state index in [2.05, 4.69) is 4.72 Å². The van der Waals surface area contributed by atoms with Crippen LogP contribution in [0.2, 0.25) is 5.02 Å². The number of sulfonamides is 1. The van der Waals surface area contributed by atoms with E-state index in [0.717, 1.165) is 45.0 Å². The number of benzene rings is 1. The van der Waals surface area contributed by atoms with Crippen LogP contribution in [0, 0.1) is 0 Å². The molecule has 1 heterocycles. The van der Waals surface area contributed by atoms with Gasteiger partial charge >= 0.3 is 0 Å². The molecule has 0 aliphatic carbocycles. The van der Waals surface area contributed by atoms with Crippen molar-refractivity contribution >= 4 is 33.2 Å². The Kier molecular flexibility index (Phi) is 5.11. The number of hydrogen-bond acceptors (Lipinski definition) is 3. The third-order valence-electron chi connectivity index (χ3n) is 3.40. The highest BCUT2D eigenvalue weighted by Gasteiger charge is 2.18. The lowest BCUT2D eigenvalue weighted by Gasteiger charge is -2.20. The first-order valence-electron chi connectivity index (χ1n) is 6.93. The monoisotopic (exact) mass is 330 g/mol. The van der Waals surface area contributed by atoms with Crippen LogP contribution in [0.25, 0.3) is 0 Å². The average molecular weight is 331 g/mol. The van der Waals surface area contributed by atoms with E-state index in [1.807, 2.05) is 4.90 Å². The van der Waals surface area contributed by atoms with Gasteiger partial charge in [-0.3, -0.25) is 9.52 Å². The summed E-state index contributed by atoms with van der Waals surface area (Å²) in [6.07, 6.45) is 5.41. The van der Waals surface area contributed by atoms with Crippen molar-refractivity contribution in [2.24, 2.45) is 0 Å². The molecule has 1 aromatic rings. The van der Waals surface area contributed by atoms with Crippen LogP contribution in [-0.2, 0) is 10.0 Å². The predicted octanol–water partition coefficient (Wildman–Crippen LogP) is 2.73. The number of likely N-dealkylation sites (tertiary alicyclic amines) is 1. The van der Waals surface area contributed by atoms with Crippen LogP contribution in [0.4, 0.5) is 5.69 Å². The lowest BCUT2D eigenvalue weighted by molar-refractivity contribution is 0.0761. The molecule has 0 radical (unpaired) electrons. The number of rotatable bonds is 3. The quantitative estimate of drug-likeness (QED) is 0.926. The first-order valence-corrected chi connectivity index (χ1v) is 9.20. The number of carbonyl (C=O) groups is 1. The summed E-state index contributed by atoms with van der Waals surface area (Å²) in [5.41, 5.74) is 0.771. The molecule has 1 N–H and O–H groups in total. The fraction of sp³-hybridized carbons (Fsp3) is 0.500. The molecule has 5 nitrogen and oxygen atoms in total. The fourth-order valence-electron chi connectivity index (χ4n) is 2.39. The van der Waals surface area contributed by atoms with Crippen molar-refractivity contribution in [2.45, 2.75) is 25.7 Å². The third-order valence-corrected chi connectivity index (χ3v) is 4.31. The zero-order valence-electron chi connectivity index (χ0n) is 11.9. The van der Waals surface area contributed by atoms with Crippen molar-refractivity contribution < 1.29 is 13.2 Å². The SMILES string of the molecule is CS(=O)(=O)Nc1ccc(C(=O)N2CCCCCC2)cc1Cl. The van der Waals surface area contributed by atoms with Crippen LogP contribution >= 0.6 is 11.6 Å². The first kappa shape index (κ1) is 16.1. The van der Waals surface area contributed by atoms with Gasteiger partial charge in [-0.1, -0.05) is 24.4 Å². The van der Waals surface area contributed by atoms with Gasteiger partial charge in [-0.05, 0) is 31.0 Å². The maximum Gasteiger partial charge on any atom is 0.253 e. The van der Waals surface area contributed by atoms with Crippen molar-refractivity contribution in [2.75, 3.05) is 24.1 Å². The molecule has 1 aromatic carbocycles. The third kappa shape index (κ3) is 4.61. The van der Waals surface area contributed by atoms with Crippen LogP contribution in [-0.4, -0.2) is 38.6 Å². The summed E-state index contributed by atoms with van der Waals surface area (Å²) in [6.45, 7) is 1.53. The standard InChI is InChI=1S/C14H19ClN2O3S/c1-21(19,20)16-13-7-6-11(10-12(13)15)14(18)17-8-4-2-3-5-9-17/h6-7,10,16H,2-5,8-9H2,1H3. The maximum absolute atomic E-state index is 12.4. The minimum atomic E-state index is -3.39. The Balaban J connectivity index is 2.17. The Labute approximate surface area is 130 Å².